The molecular weight excluding hydrogens is 256 g/mol. The van der Waals surface area contributed by atoms with Gasteiger partial charge < -0.3 is 4.98 Å². The van der Waals surface area contributed by atoms with Gasteiger partial charge in [-0.3, -0.25) is 4.79 Å². The van der Waals surface area contributed by atoms with Gasteiger partial charge in [0, 0.05) is 10.0 Å². The molecule has 0 fully saturated rings. The molecule has 0 aliphatic rings. The van der Waals surface area contributed by atoms with Crippen molar-refractivity contribution in [1.29, 1.82) is 0 Å². The first kappa shape index (κ1) is 10.1. The first-order chi connectivity index (χ1) is 7.20. The lowest BCUT2D eigenvalue weighted by molar-refractivity contribution is 0.111. The number of aromatic amines is 1. The van der Waals surface area contributed by atoms with Crippen LogP contribution in [0.1, 0.15) is 16.1 Å². The fourth-order valence-electron chi connectivity index (χ4n) is 1.28. The maximum Gasteiger partial charge on any atom is 0.167 e. The number of nitrogens with one attached hydrogen (secondary N) is 1. The molecule has 4 heteroatoms. The first-order valence-electron chi connectivity index (χ1n) is 4.47. The molecule has 0 bridgehead atoms. The number of aryl methyl sites for hydroxylation is 1. The number of carbonyl (C=O) groups excluding carboxylic acids is 1. The molecule has 2 rings (SSSR count). The smallest absolute Gasteiger partial charge is 0.167 e. The quantitative estimate of drug-likeness (QED) is 0.848. The minimum atomic E-state index is 0.488. The van der Waals surface area contributed by atoms with E-state index in [2.05, 4.69) is 25.9 Å². The number of H-pyrrole nitrogens is 1. The van der Waals surface area contributed by atoms with Gasteiger partial charge in [-0.1, -0.05) is 28.1 Å². The number of aldehydes is 1. The maximum absolute atomic E-state index is 10.5. The van der Waals surface area contributed by atoms with E-state index in [4.69, 9.17) is 0 Å². The van der Waals surface area contributed by atoms with Gasteiger partial charge in [0.1, 0.15) is 5.82 Å². The van der Waals surface area contributed by atoms with E-state index in [0.29, 0.717) is 11.5 Å². The number of hydrogen-bond donors (Lipinski definition) is 1. The number of rotatable bonds is 2. The maximum atomic E-state index is 10.5. The Bertz CT molecular complexity index is 505. The van der Waals surface area contributed by atoms with E-state index >= 15 is 0 Å². The molecule has 0 amide bonds. The van der Waals surface area contributed by atoms with Gasteiger partial charge in [0.2, 0.25) is 0 Å². The molecule has 0 saturated heterocycles. The Balaban J connectivity index is 2.44. The summed E-state index contributed by atoms with van der Waals surface area (Å²) in [6.45, 7) is 2.02. The number of aromatic nitrogens is 2. The predicted molar refractivity (Wildman–Crippen MR) is 61.8 cm³/mol. The van der Waals surface area contributed by atoms with Crippen molar-refractivity contribution in [3.8, 4) is 11.4 Å². The van der Waals surface area contributed by atoms with Gasteiger partial charge in [-0.2, -0.15) is 0 Å². The zero-order valence-corrected chi connectivity index (χ0v) is 9.71. The molecule has 0 spiro atoms. The highest BCUT2D eigenvalue weighted by Gasteiger charge is 2.04. The SMILES string of the molecule is Cc1ccc(-c2ncc(C=O)[nH]2)cc1Br. The molecule has 1 aromatic heterocycles. The lowest BCUT2D eigenvalue weighted by atomic mass is 10.1. The molecule has 3 nitrogen and oxygen atoms in total. The molecule has 0 saturated carbocycles. The van der Waals surface area contributed by atoms with E-state index < -0.39 is 0 Å². The summed E-state index contributed by atoms with van der Waals surface area (Å²) in [5, 5.41) is 0. The Morgan fingerprint density at radius 2 is 2.27 bits per heavy atom. The summed E-state index contributed by atoms with van der Waals surface area (Å²) in [6.07, 6.45) is 2.27. The van der Waals surface area contributed by atoms with Crippen LogP contribution in [0, 0.1) is 6.92 Å². The van der Waals surface area contributed by atoms with Gasteiger partial charge in [-0.25, -0.2) is 4.98 Å². The summed E-state index contributed by atoms with van der Waals surface area (Å²) in [7, 11) is 0. The minimum Gasteiger partial charge on any atom is -0.336 e. The summed E-state index contributed by atoms with van der Waals surface area (Å²) >= 11 is 3.46. The topological polar surface area (TPSA) is 45.8 Å². The van der Waals surface area contributed by atoms with Gasteiger partial charge >= 0.3 is 0 Å². The Hall–Kier alpha value is -1.42. The number of imidazole rings is 1. The minimum absolute atomic E-state index is 0.488. The van der Waals surface area contributed by atoms with Crippen LogP contribution in [0.15, 0.2) is 28.9 Å². The summed E-state index contributed by atoms with van der Waals surface area (Å²) in [4.78, 5) is 17.5. The molecule has 0 aliphatic carbocycles. The Morgan fingerprint density at radius 3 is 2.87 bits per heavy atom. The van der Waals surface area contributed by atoms with E-state index in [9.17, 15) is 4.79 Å². The van der Waals surface area contributed by atoms with Gasteiger partial charge in [-0.05, 0) is 18.6 Å². The normalized spacial score (nSPS) is 10.3. The first-order valence-corrected chi connectivity index (χ1v) is 5.26. The molecule has 1 aromatic carbocycles. The van der Waals surface area contributed by atoms with Crippen LogP contribution in [0.5, 0.6) is 0 Å². The number of nitrogens with zero attached hydrogens (tertiary/aromatic N) is 1. The highest BCUT2D eigenvalue weighted by atomic mass is 79.9. The molecule has 1 N–H and O–H groups in total. The van der Waals surface area contributed by atoms with E-state index in [1.165, 1.54) is 11.8 Å². The lowest BCUT2D eigenvalue weighted by Crippen LogP contribution is -1.83. The van der Waals surface area contributed by atoms with Crippen molar-refractivity contribution in [1.82, 2.24) is 9.97 Å². The van der Waals surface area contributed by atoms with Gasteiger partial charge in [-0.15, -0.1) is 0 Å². The molecule has 15 heavy (non-hydrogen) atoms. The van der Waals surface area contributed by atoms with Crippen LogP contribution >= 0.6 is 15.9 Å². The van der Waals surface area contributed by atoms with Crippen LogP contribution < -0.4 is 0 Å². The third-order valence-electron chi connectivity index (χ3n) is 2.17. The standard InChI is InChI=1S/C11H9BrN2O/c1-7-2-3-8(4-10(7)12)11-13-5-9(6-15)14-11/h2-6H,1H3,(H,13,14). The lowest BCUT2D eigenvalue weighted by Gasteiger charge is -2.00. The van der Waals surface area contributed by atoms with Crippen molar-refractivity contribution in [2.45, 2.75) is 6.92 Å². The van der Waals surface area contributed by atoms with Crippen molar-refractivity contribution in [2.24, 2.45) is 0 Å². The predicted octanol–water partition coefficient (Wildman–Crippen LogP) is 2.96. The zero-order valence-electron chi connectivity index (χ0n) is 8.12. The molecular formula is C11H9BrN2O. The van der Waals surface area contributed by atoms with E-state index in [1.54, 1.807) is 0 Å². The third-order valence-corrected chi connectivity index (χ3v) is 3.02. The van der Waals surface area contributed by atoms with Crippen LogP contribution in [0.4, 0.5) is 0 Å². The summed E-state index contributed by atoms with van der Waals surface area (Å²) < 4.78 is 1.03. The van der Waals surface area contributed by atoms with Gasteiger partial charge in [0.15, 0.2) is 6.29 Å². The highest BCUT2D eigenvalue weighted by molar-refractivity contribution is 9.10. The van der Waals surface area contributed by atoms with E-state index in [-0.39, 0.29) is 0 Å². The number of carbonyl (C=O) groups is 1. The van der Waals surface area contributed by atoms with Crippen LogP contribution in [0.2, 0.25) is 0 Å². The van der Waals surface area contributed by atoms with Crippen LogP contribution in [0.3, 0.4) is 0 Å². The summed E-state index contributed by atoms with van der Waals surface area (Å²) in [6, 6.07) is 5.94. The zero-order chi connectivity index (χ0) is 10.8. The molecule has 1 heterocycles. The number of halogens is 1. The van der Waals surface area contributed by atoms with E-state index in [1.807, 2.05) is 25.1 Å². The molecule has 0 radical (unpaired) electrons. The molecule has 0 atom stereocenters. The molecule has 2 aromatic rings. The second kappa shape index (κ2) is 3.98. The second-order valence-electron chi connectivity index (χ2n) is 3.27. The van der Waals surface area contributed by atoms with Crippen molar-refractivity contribution in [2.75, 3.05) is 0 Å². The Kier molecular flexibility index (Phi) is 2.68. The second-order valence-corrected chi connectivity index (χ2v) is 4.12. The van der Waals surface area contributed by atoms with Crippen LogP contribution in [0.25, 0.3) is 11.4 Å². The fourth-order valence-corrected chi connectivity index (χ4v) is 1.66. The average molecular weight is 265 g/mol. The summed E-state index contributed by atoms with van der Waals surface area (Å²) in [5.41, 5.74) is 2.61. The Morgan fingerprint density at radius 1 is 1.47 bits per heavy atom. The number of hydrogen-bond acceptors (Lipinski definition) is 2. The van der Waals surface area contributed by atoms with Gasteiger partial charge in [0.05, 0.1) is 11.9 Å². The number of benzene rings is 1. The highest BCUT2D eigenvalue weighted by Crippen LogP contribution is 2.23. The van der Waals surface area contributed by atoms with Gasteiger partial charge in [0.25, 0.3) is 0 Å². The third kappa shape index (κ3) is 1.99. The average Bonchev–Trinajstić information content (AvgIpc) is 2.70. The molecule has 0 unspecified atom stereocenters. The van der Waals surface area contributed by atoms with Crippen molar-refractivity contribution in [3.63, 3.8) is 0 Å². The monoisotopic (exact) mass is 264 g/mol. The van der Waals surface area contributed by atoms with Crippen molar-refractivity contribution >= 4 is 22.2 Å². The fraction of sp³-hybridized carbons (Fsp3) is 0.0909. The molecule has 0 aliphatic heterocycles. The summed E-state index contributed by atoms with van der Waals surface area (Å²) in [5.74, 6) is 0.706. The van der Waals surface area contributed by atoms with Crippen LogP contribution in [-0.2, 0) is 0 Å². The van der Waals surface area contributed by atoms with E-state index in [0.717, 1.165) is 16.3 Å². The Labute approximate surface area is 95.7 Å². The molecule has 76 valence electrons. The van der Waals surface area contributed by atoms with Crippen molar-refractivity contribution in [3.05, 3.63) is 40.1 Å². The van der Waals surface area contributed by atoms with Crippen LogP contribution in [-0.4, -0.2) is 16.3 Å². The van der Waals surface area contributed by atoms with Crippen molar-refractivity contribution < 1.29 is 4.79 Å². The largest absolute Gasteiger partial charge is 0.336 e.